The van der Waals surface area contributed by atoms with E-state index >= 15 is 0 Å². The molecule has 0 radical (unpaired) electrons. The second-order valence-electron chi connectivity index (χ2n) is 6.11. The zero-order valence-corrected chi connectivity index (χ0v) is 17.1. The average molecular weight is 448 g/mol. The van der Waals surface area contributed by atoms with Crippen LogP contribution in [0.3, 0.4) is 0 Å². The molecule has 154 valence electrons. The normalized spacial score (nSPS) is 10.4. The van der Waals surface area contributed by atoms with E-state index in [0.29, 0.717) is 11.3 Å². The van der Waals surface area contributed by atoms with Gasteiger partial charge in [0.2, 0.25) is 0 Å². The molecule has 0 aliphatic rings. The van der Waals surface area contributed by atoms with Crippen LogP contribution >= 0.6 is 23.2 Å². The fraction of sp³-hybridized carbons (Fsp3) is 0.0476. The average Bonchev–Trinajstić information content (AvgIpc) is 2.70. The number of benzene rings is 3. The Bertz CT molecular complexity index is 1140. The van der Waals surface area contributed by atoms with E-state index in [1.807, 2.05) is 0 Å². The quantitative estimate of drug-likeness (QED) is 0.344. The first-order valence-electron chi connectivity index (χ1n) is 8.54. The van der Waals surface area contributed by atoms with E-state index in [1.165, 1.54) is 31.4 Å². The SMILES string of the molecule is COc1ccc(Oc2cc(Cl)c(Cl)cc2C(=O)Nc2cccc(C(=N)N)c2)cc1F. The molecule has 0 heterocycles. The van der Waals surface area contributed by atoms with Crippen LogP contribution in [0.4, 0.5) is 10.1 Å². The summed E-state index contributed by atoms with van der Waals surface area (Å²) in [6.45, 7) is 0. The zero-order valence-electron chi connectivity index (χ0n) is 15.6. The van der Waals surface area contributed by atoms with Crippen molar-refractivity contribution in [1.29, 1.82) is 5.41 Å². The summed E-state index contributed by atoms with van der Waals surface area (Å²) >= 11 is 12.2. The topological polar surface area (TPSA) is 97.4 Å². The van der Waals surface area contributed by atoms with E-state index in [0.717, 1.165) is 6.07 Å². The minimum absolute atomic E-state index is 0.0554. The van der Waals surface area contributed by atoms with Crippen LogP contribution in [0.1, 0.15) is 15.9 Å². The van der Waals surface area contributed by atoms with Crippen LogP contribution in [0.15, 0.2) is 54.6 Å². The van der Waals surface area contributed by atoms with E-state index in [-0.39, 0.29) is 38.7 Å². The third-order valence-electron chi connectivity index (χ3n) is 4.05. The highest BCUT2D eigenvalue weighted by molar-refractivity contribution is 6.42. The number of amides is 1. The lowest BCUT2D eigenvalue weighted by Crippen LogP contribution is -2.15. The summed E-state index contributed by atoms with van der Waals surface area (Å²) in [5.41, 5.74) is 6.43. The first-order valence-corrected chi connectivity index (χ1v) is 9.30. The summed E-state index contributed by atoms with van der Waals surface area (Å²) in [7, 11) is 1.35. The molecule has 0 atom stereocenters. The van der Waals surface area contributed by atoms with Gasteiger partial charge < -0.3 is 20.5 Å². The third-order valence-corrected chi connectivity index (χ3v) is 4.77. The predicted molar refractivity (Wildman–Crippen MR) is 115 cm³/mol. The van der Waals surface area contributed by atoms with Crippen LogP contribution in [0.25, 0.3) is 0 Å². The fourth-order valence-corrected chi connectivity index (χ4v) is 2.91. The number of anilines is 1. The molecule has 4 N–H and O–H groups in total. The number of carbonyl (C=O) groups is 1. The van der Waals surface area contributed by atoms with Crippen molar-refractivity contribution < 1.29 is 18.7 Å². The van der Waals surface area contributed by atoms with Crippen LogP contribution in [0, 0.1) is 11.2 Å². The number of nitrogens with one attached hydrogen (secondary N) is 2. The molecule has 0 unspecified atom stereocenters. The highest BCUT2D eigenvalue weighted by atomic mass is 35.5. The van der Waals surface area contributed by atoms with E-state index in [1.54, 1.807) is 24.3 Å². The van der Waals surface area contributed by atoms with Gasteiger partial charge in [0, 0.05) is 23.4 Å². The number of methoxy groups -OCH3 is 1. The number of halogens is 3. The van der Waals surface area contributed by atoms with Gasteiger partial charge in [0.15, 0.2) is 11.6 Å². The predicted octanol–water partition coefficient (Wildman–Crippen LogP) is 5.47. The molecule has 3 rings (SSSR count). The Hall–Kier alpha value is -3.29. The molecule has 0 bridgehead atoms. The Kier molecular flexibility index (Phi) is 6.44. The molecular weight excluding hydrogens is 432 g/mol. The molecule has 30 heavy (non-hydrogen) atoms. The van der Waals surface area contributed by atoms with Gasteiger partial charge in [-0.3, -0.25) is 10.2 Å². The lowest BCUT2D eigenvalue weighted by Gasteiger charge is -2.14. The smallest absolute Gasteiger partial charge is 0.259 e. The second-order valence-corrected chi connectivity index (χ2v) is 6.92. The Labute approximate surface area is 181 Å². The molecule has 6 nitrogen and oxygen atoms in total. The van der Waals surface area contributed by atoms with Crippen molar-refractivity contribution in [1.82, 2.24) is 0 Å². The number of nitrogens with two attached hydrogens (primary N) is 1. The minimum atomic E-state index is -0.623. The molecule has 0 saturated carbocycles. The van der Waals surface area contributed by atoms with Crippen LogP contribution in [-0.2, 0) is 0 Å². The molecular formula is C21H16Cl2FN3O3. The minimum Gasteiger partial charge on any atom is -0.494 e. The molecule has 3 aromatic carbocycles. The van der Waals surface area contributed by atoms with Crippen molar-refractivity contribution in [3.63, 3.8) is 0 Å². The Morgan fingerprint density at radius 1 is 1.07 bits per heavy atom. The highest BCUT2D eigenvalue weighted by Crippen LogP contribution is 2.35. The lowest BCUT2D eigenvalue weighted by atomic mass is 10.1. The van der Waals surface area contributed by atoms with Gasteiger partial charge in [0.1, 0.15) is 17.3 Å². The fourth-order valence-electron chi connectivity index (χ4n) is 2.59. The largest absolute Gasteiger partial charge is 0.494 e. The van der Waals surface area contributed by atoms with Crippen LogP contribution in [0.5, 0.6) is 17.2 Å². The maximum absolute atomic E-state index is 14.0. The van der Waals surface area contributed by atoms with Crippen LogP contribution < -0.4 is 20.5 Å². The number of amidine groups is 1. The number of carbonyl (C=O) groups excluding carboxylic acids is 1. The number of hydrogen-bond donors (Lipinski definition) is 3. The van der Waals surface area contributed by atoms with Gasteiger partial charge in [-0.15, -0.1) is 0 Å². The maximum atomic E-state index is 14.0. The molecule has 3 aromatic rings. The summed E-state index contributed by atoms with van der Waals surface area (Å²) in [6, 6.07) is 13.2. The van der Waals surface area contributed by atoms with Crippen molar-refractivity contribution in [2.24, 2.45) is 5.73 Å². The van der Waals surface area contributed by atoms with Gasteiger partial charge in [-0.2, -0.15) is 0 Å². The van der Waals surface area contributed by atoms with Gasteiger partial charge in [-0.25, -0.2) is 4.39 Å². The molecule has 9 heteroatoms. The summed E-state index contributed by atoms with van der Waals surface area (Å²) in [5, 5.41) is 10.5. The van der Waals surface area contributed by atoms with Gasteiger partial charge in [0.25, 0.3) is 5.91 Å². The molecule has 0 aliphatic heterocycles. The first kappa shape index (κ1) is 21.4. The summed E-state index contributed by atoms with van der Waals surface area (Å²) in [5.74, 6) is -1.03. The molecule has 0 fully saturated rings. The molecule has 1 amide bonds. The first-order chi connectivity index (χ1) is 14.3. The lowest BCUT2D eigenvalue weighted by molar-refractivity contribution is 0.102. The molecule has 0 aromatic heterocycles. The maximum Gasteiger partial charge on any atom is 0.259 e. The molecule has 0 spiro atoms. The van der Waals surface area contributed by atoms with Gasteiger partial charge in [-0.1, -0.05) is 35.3 Å². The van der Waals surface area contributed by atoms with Crippen molar-refractivity contribution in [2.75, 3.05) is 12.4 Å². The Morgan fingerprint density at radius 2 is 1.80 bits per heavy atom. The number of nitrogen functional groups attached to an aromatic ring is 1. The highest BCUT2D eigenvalue weighted by Gasteiger charge is 2.18. The van der Waals surface area contributed by atoms with Crippen molar-refractivity contribution in [3.8, 4) is 17.2 Å². The number of ether oxygens (including phenoxy) is 2. The Morgan fingerprint density at radius 3 is 2.47 bits per heavy atom. The van der Waals surface area contributed by atoms with E-state index in [9.17, 15) is 9.18 Å². The monoisotopic (exact) mass is 447 g/mol. The second kappa shape index (κ2) is 9.02. The van der Waals surface area contributed by atoms with Gasteiger partial charge >= 0.3 is 0 Å². The zero-order chi connectivity index (χ0) is 21.8. The number of hydrogen-bond acceptors (Lipinski definition) is 4. The van der Waals surface area contributed by atoms with Crippen LogP contribution in [-0.4, -0.2) is 18.9 Å². The van der Waals surface area contributed by atoms with Crippen molar-refractivity contribution in [2.45, 2.75) is 0 Å². The summed E-state index contributed by atoms with van der Waals surface area (Å²) in [6.07, 6.45) is 0. The van der Waals surface area contributed by atoms with E-state index in [2.05, 4.69) is 5.32 Å². The molecule has 0 aliphatic carbocycles. The summed E-state index contributed by atoms with van der Waals surface area (Å²) in [4.78, 5) is 12.9. The van der Waals surface area contributed by atoms with Gasteiger partial charge in [0.05, 0.1) is 22.7 Å². The van der Waals surface area contributed by atoms with Crippen molar-refractivity contribution in [3.05, 3.63) is 81.6 Å². The summed E-state index contributed by atoms with van der Waals surface area (Å²) < 4.78 is 24.6. The van der Waals surface area contributed by atoms with Crippen LogP contribution in [0.2, 0.25) is 10.0 Å². The van der Waals surface area contributed by atoms with Crippen molar-refractivity contribution >= 4 is 40.6 Å². The molecule has 0 saturated heterocycles. The Balaban J connectivity index is 1.93. The number of rotatable bonds is 6. The third kappa shape index (κ3) is 4.82. The van der Waals surface area contributed by atoms with E-state index < -0.39 is 11.7 Å². The standard InChI is InChI=1S/C21H16Cl2FN3O3/c1-29-18-6-5-13(8-17(18)24)30-19-10-16(23)15(22)9-14(19)21(28)27-12-4-2-3-11(7-12)20(25)26/h2-10H,1H3,(H3,25,26)(H,27,28). The van der Waals surface area contributed by atoms with E-state index in [4.69, 9.17) is 43.8 Å². The van der Waals surface area contributed by atoms with Gasteiger partial charge in [-0.05, 0) is 30.3 Å².